The van der Waals surface area contributed by atoms with Gasteiger partial charge in [-0.3, -0.25) is 5.01 Å². The van der Waals surface area contributed by atoms with Crippen LogP contribution in [0.15, 0.2) is 60.9 Å². The first-order valence-electron chi connectivity index (χ1n) is 6.38. The maximum Gasteiger partial charge on any atom is 0.0924 e. The predicted octanol–water partition coefficient (Wildman–Crippen LogP) is 3.16. The molecule has 3 nitrogen and oxygen atoms in total. The molecular weight excluding hydrogens is 234 g/mol. The van der Waals surface area contributed by atoms with Crippen LogP contribution in [0.25, 0.3) is 17.0 Å². The van der Waals surface area contributed by atoms with E-state index in [0.29, 0.717) is 0 Å². The summed E-state index contributed by atoms with van der Waals surface area (Å²) in [6, 6.07) is 16.7. The molecule has 3 aromatic rings. The highest BCUT2D eigenvalue weighted by Gasteiger charge is 2.13. The third-order valence-corrected chi connectivity index (χ3v) is 3.52. The van der Waals surface area contributed by atoms with Gasteiger partial charge in [-0.15, -0.1) is 0 Å². The normalized spacial score (nSPS) is 13.8. The number of hydrogen-bond acceptors (Lipinski definition) is 2. The van der Waals surface area contributed by atoms with E-state index in [4.69, 9.17) is 0 Å². The molecule has 0 unspecified atom stereocenters. The van der Waals surface area contributed by atoms with Gasteiger partial charge in [-0.05, 0) is 23.3 Å². The maximum absolute atomic E-state index is 4.48. The largest absolute Gasteiger partial charge is 0.268 e. The second-order valence-corrected chi connectivity index (χ2v) is 4.70. The highest BCUT2D eigenvalue weighted by molar-refractivity contribution is 5.79. The fraction of sp³-hybridized carbons (Fsp3) is 0.0625. The van der Waals surface area contributed by atoms with Gasteiger partial charge in [-0.2, -0.15) is 9.89 Å². The van der Waals surface area contributed by atoms with Gasteiger partial charge in [-0.1, -0.05) is 42.5 Å². The molecule has 0 bridgehead atoms. The van der Waals surface area contributed by atoms with Gasteiger partial charge in [0.2, 0.25) is 0 Å². The van der Waals surface area contributed by atoms with E-state index in [1.165, 1.54) is 11.1 Å². The summed E-state index contributed by atoms with van der Waals surface area (Å²) >= 11 is 0. The molecule has 1 aliphatic rings. The minimum atomic E-state index is 0.846. The van der Waals surface area contributed by atoms with Crippen molar-refractivity contribution >= 4 is 17.0 Å². The summed E-state index contributed by atoms with van der Waals surface area (Å²) in [6.07, 6.45) is 6.13. The highest BCUT2D eigenvalue weighted by Crippen LogP contribution is 2.20. The van der Waals surface area contributed by atoms with Crippen LogP contribution in [0.1, 0.15) is 11.1 Å². The summed E-state index contributed by atoms with van der Waals surface area (Å²) < 4.78 is 0. The van der Waals surface area contributed by atoms with Crippen LogP contribution in [0.2, 0.25) is 0 Å². The molecule has 4 rings (SSSR count). The average molecular weight is 247 g/mol. The lowest BCUT2D eigenvalue weighted by atomic mass is 10.1. The number of benzene rings is 2. The lowest BCUT2D eigenvalue weighted by molar-refractivity contribution is 0.621. The van der Waals surface area contributed by atoms with Crippen LogP contribution in [0.5, 0.6) is 0 Å². The fourth-order valence-corrected chi connectivity index (χ4v) is 2.53. The van der Waals surface area contributed by atoms with Crippen LogP contribution in [0, 0.1) is 0 Å². The molecule has 0 radical (unpaired) electrons. The molecule has 0 N–H and O–H groups in total. The van der Waals surface area contributed by atoms with Crippen molar-refractivity contribution in [3.63, 3.8) is 0 Å². The SMILES string of the molecule is C1=CN(n2ncc3ccccc32)Cc2ccccc21. The van der Waals surface area contributed by atoms with Crippen molar-refractivity contribution in [2.45, 2.75) is 6.54 Å². The summed E-state index contributed by atoms with van der Waals surface area (Å²) in [4.78, 5) is 1.96. The third kappa shape index (κ3) is 1.63. The number of fused-ring (bicyclic) bond motifs is 2. The Hall–Kier alpha value is -2.55. The molecule has 1 aliphatic heterocycles. The van der Waals surface area contributed by atoms with Crippen molar-refractivity contribution in [1.29, 1.82) is 0 Å². The Morgan fingerprint density at radius 1 is 0.947 bits per heavy atom. The number of hydrogen-bond donors (Lipinski definition) is 0. The van der Waals surface area contributed by atoms with Gasteiger partial charge in [0.15, 0.2) is 0 Å². The molecule has 0 aliphatic carbocycles. The number of para-hydroxylation sites is 1. The van der Waals surface area contributed by atoms with Crippen molar-refractivity contribution in [2.75, 3.05) is 5.01 Å². The fourth-order valence-electron chi connectivity index (χ4n) is 2.53. The Balaban J connectivity index is 1.79. The van der Waals surface area contributed by atoms with E-state index in [9.17, 15) is 0 Å². The summed E-state index contributed by atoms with van der Waals surface area (Å²) in [5.74, 6) is 0. The number of rotatable bonds is 1. The first-order valence-corrected chi connectivity index (χ1v) is 6.38. The highest BCUT2D eigenvalue weighted by atomic mass is 15.6. The van der Waals surface area contributed by atoms with E-state index in [1.807, 2.05) is 23.1 Å². The molecule has 0 atom stereocenters. The molecule has 0 amide bonds. The first kappa shape index (κ1) is 10.4. The third-order valence-electron chi connectivity index (χ3n) is 3.52. The standard InChI is InChI=1S/C16H13N3/c1-2-7-15-12-18(10-9-13(15)5-1)19-16-8-4-3-6-14(16)11-17-19/h1-11H,12H2. The Labute approximate surface area is 111 Å². The second-order valence-electron chi connectivity index (χ2n) is 4.70. The van der Waals surface area contributed by atoms with Gasteiger partial charge >= 0.3 is 0 Å². The topological polar surface area (TPSA) is 21.1 Å². The molecule has 2 heterocycles. The van der Waals surface area contributed by atoms with Crippen LogP contribution < -0.4 is 5.01 Å². The molecule has 2 aromatic carbocycles. The average Bonchev–Trinajstić information content (AvgIpc) is 2.91. The maximum atomic E-state index is 4.48. The summed E-state index contributed by atoms with van der Waals surface area (Å²) in [5.41, 5.74) is 3.74. The van der Waals surface area contributed by atoms with Gasteiger partial charge in [0.05, 0.1) is 18.3 Å². The second kappa shape index (κ2) is 3.99. The molecule has 0 spiro atoms. The molecule has 0 saturated heterocycles. The van der Waals surface area contributed by atoms with Crippen LogP contribution in [0.3, 0.4) is 0 Å². The van der Waals surface area contributed by atoms with Gasteiger partial charge in [-0.25, -0.2) is 0 Å². The minimum absolute atomic E-state index is 0.846. The van der Waals surface area contributed by atoms with Crippen molar-refractivity contribution < 1.29 is 0 Å². The molecule has 19 heavy (non-hydrogen) atoms. The molecule has 1 aromatic heterocycles. The smallest absolute Gasteiger partial charge is 0.0924 e. The summed E-state index contributed by atoms with van der Waals surface area (Å²) in [5, 5.41) is 7.77. The van der Waals surface area contributed by atoms with E-state index in [1.54, 1.807) is 0 Å². The summed E-state index contributed by atoms with van der Waals surface area (Å²) in [6.45, 7) is 0.846. The zero-order chi connectivity index (χ0) is 12.7. The molecule has 3 heteroatoms. The quantitative estimate of drug-likeness (QED) is 0.658. The minimum Gasteiger partial charge on any atom is -0.268 e. The van der Waals surface area contributed by atoms with Gasteiger partial charge in [0, 0.05) is 11.6 Å². The monoisotopic (exact) mass is 247 g/mol. The van der Waals surface area contributed by atoms with E-state index in [2.05, 4.69) is 58.8 Å². The summed E-state index contributed by atoms with van der Waals surface area (Å²) in [7, 11) is 0. The lowest BCUT2D eigenvalue weighted by Crippen LogP contribution is -2.31. The Morgan fingerprint density at radius 3 is 2.79 bits per heavy atom. The van der Waals surface area contributed by atoms with E-state index in [0.717, 1.165) is 17.4 Å². The number of nitrogens with zero attached hydrogens (tertiary/aromatic N) is 3. The molecule has 0 fully saturated rings. The van der Waals surface area contributed by atoms with Gasteiger partial charge in [0.1, 0.15) is 0 Å². The Bertz CT molecular complexity index is 770. The molecular formula is C16H13N3. The van der Waals surface area contributed by atoms with Crippen molar-refractivity contribution in [2.24, 2.45) is 0 Å². The van der Waals surface area contributed by atoms with E-state index >= 15 is 0 Å². The van der Waals surface area contributed by atoms with Crippen molar-refractivity contribution in [3.05, 3.63) is 72.1 Å². The lowest BCUT2D eigenvalue weighted by Gasteiger charge is -2.25. The molecule has 0 saturated carbocycles. The van der Waals surface area contributed by atoms with Crippen molar-refractivity contribution in [3.8, 4) is 0 Å². The van der Waals surface area contributed by atoms with Gasteiger partial charge in [0.25, 0.3) is 0 Å². The zero-order valence-corrected chi connectivity index (χ0v) is 10.4. The van der Waals surface area contributed by atoms with Crippen LogP contribution in [-0.2, 0) is 6.54 Å². The van der Waals surface area contributed by atoms with Gasteiger partial charge < -0.3 is 0 Å². The Kier molecular flexibility index (Phi) is 2.18. The van der Waals surface area contributed by atoms with Crippen LogP contribution in [0.4, 0.5) is 0 Å². The zero-order valence-electron chi connectivity index (χ0n) is 10.4. The molecule has 92 valence electrons. The van der Waals surface area contributed by atoms with Crippen LogP contribution >= 0.6 is 0 Å². The van der Waals surface area contributed by atoms with Crippen LogP contribution in [-0.4, -0.2) is 9.89 Å². The Morgan fingerprint density at radius 2 is 1.79 bits per heavy atom. The van der Waals surface area contributed by atoms with Crippen molar-refractivity contribution in [1.82, 2.24) is 9.89 Å². The number of aromatic nitrogens is 2. The van der Waals surface area contributed by atoms with E-state index in [-0.39, 0.29) is 0 Å². The predicted molar refractivity (Wildman–Crippen MR) is 77.1 cm³/mol. The van der Waals surface area contributed by atoms with E-state index < -0.39 is 0 Å². The first-order chi connectivity index (χ1) is 9.42.